The topological polar surface area (TPSA) is 41.4 Å². The van der Waals surface area contributed by atoms with E-state index in [9.17, 15) is 0 Å². The first kappa shape index (κ1) is 16.1. The minimum Gasteiger partial charge on any atom is -0.342 e. The summed E-state index contributed by atoms with van der Waals surface area (Å²) in [6.45, 7) is 5.89. The maximum atomic E-state index is 4.94. The molecule has 1 aliphatic heterocycles. The van der Waals surface area contributed by atoms with E-state index in [0.717, 1.165) is 28.8 Å². The first-order chi connectivity index (χ1) is 12.1. The van der Waals surface area contributed by atoms with Crippen molar-refractivity contribution in [1.82, 2.24) is 14.9 Å². The largest absolute Gasteiger partial charge is 0.342 e. The Kier molecular flexibility index (Phi) is 4.17. The van der Waals surface area contributed by atoms with Gasteiger partial charge in [0.1, 0.15) is 5.03 Å². The fourth-order valence-corrected chi connectivity index (χ4v) is 4.24. The second kappa shape index (κ2) is 6.48. The molecule has 126 valence electrons. The molecule has 0 amide bonds. The summed E-state index contributed by atoms with van der Waals surface area (Å²) < 4.78 is 0. The number of hydrogen-bond donors (Lipinski definition) is 0. The van der Waals surface area contributed by atoms with Gasteiger partial charge in [0.2, 0.25) is 0 Å². The third-order valence-corrected chi connectivity index (χ3v) is 5.57. The Morgan fingerprint density at radius 1 is 1.24 bits per heavy atom. The number of fused-ring (bicyclic) bond motifs is 2. The molecular formula is C20H20N4S. The fraction of sp³-hybridized carbons (Fsp3) is 0.250. The molecule has 25 heavy (non-hydrogen) atoms. The third kappa shape index (κ3) is 3.12. The molecule has 0 atom stereocenters. The second-order valence-electron chi connectivity index (χ2n) is 6.43. The summed E-state index contributed by atoms with van der Waals surface area (Å²) in [5, 5.41) is 3.30. The Balaban J connectivity index is 1.74. The number of nitrogens with zero attached hydrogens (tertiary/aromatic N) is 4. The third-order valence-electron chi connectivity index (χ3n) is 4.40. The quantitative estimate of drug-likeness (QED) is 0.691. The minimum absolute atomic E-state index is 0.803. The van der Waals surface area contributed by atoms with E-state index in [4.69, 9.17) is 4.98 Å². The van der Waals surface area contributed by atoms with Crippen molar-refractivity contribution in [2.45, 2.75) is 32.0 Å². The zero-order valence-corrected chi connectivity index (χ0v) is 15.5. The number of aryl methyl sites for hydroxylation is 2. The normalized spacial score (nSPS) is 15.6. The van der Waals surface area contributed by atoms with Crippen molar-refractivity contribution in [1.29, 1.82) is 0 Å². The predicted molar refractivity (Wildman–Crippen MR) is 104 cm³/mol. The molecule has 5 heteroatoms. The van der Waals surface area contributed by atoms with Gasteiger partial charge >= 0.3 is 0 Å². The number of rotatable bonds is 2. The highest BCUT2D eigenvalue weighted by molar-refractivity contribution is 8.13. The molecule has 0 aliphatic carbocycles. The van der Waals surface area contributed by atoms with Gasteiger partial charge in [0.15, 0.2) is 5.17 Å². The number of benzene rings is 1. The average molecular weight is 348 g/mol. The SMILES string of the molecule is CN=C1Sc2nc3c(C)cc(C)cc3cc2CN1Cc1cccnc1. The van der Waals surface area contributed by atoms with Crippen LogP contribution in [0.15, 0.2) is 52.7 Å². The van der Waals surface area contributed by atoms with Gasteiger partial charge in [0.05, 0.1) is 5.52 Å². The molecule has 0 saturated carbocycles. The Hall–Kier alpha value is -2.40. The van der Waals surface area contributed by atoms with Crippen LogP contribution in [0.2, 0.25) is 0 Å². The molecule has 1 aromatic carbocycles. The summed E-state index contributed by atoms with van der Waals surface area (Å²) in [5.41, 5.74) is 6.05. The van der Waals surface area contributed by atoms with Crippen LogP contribution < -0.4 is 0 Å². The van der Waals surface area contributed by atoms with Crippen molar-refractivity contribution in [3.63, 3.8) is 0 Å². The van der Waals surface area contributed by atoms with E-state index in [1.165, 1.54) is 27.6 Å². The van der Waals surface area contributed by atoms with Crippen LogP contribution in [0.5, 0.6) is 0 Å². The number of aliphatic imine (C=N–C) groups is 1. The summed E-state index contributed by atoms with van der Waals surface area (Å²) in [7, 11) is 1.85. The predicted octanol–water partition coefficient (Wildman–Crippen LogP) is 4.34. The van der Waals surface area contributed by atoms with Crippen LogP contribution in [-0.4, -0.2) is 27.1 Å². The first-order valence-electron chi connectivity index (χ1n) is 8.33. The van der Waals surface area contributed by atoms with Gasteiger partial charge in [0, 0.05) is 43.5 Å². The standard InChI is InChI=1S/C20H20N4S/c1-13-7-14(2)18-16(8-13)9-17-12-24(11-15-5-4-6-22-10-15)20(21-3)25-19(17)23-18/h4-10H,11-12H2,1-3H3. The molecular weight excluding hydrogens is 328 g/mol. The smallest absolute Gasteiger partial charge is 0.165 e. The molecule has 0 fully saturated rings. The Morgan fingerprint density at radius 2 is 2.12 bits per heavy atom. The molecule has 0 saturated heterocycles. The van der Waals surface area contributed by atoms with Crippen LogP contribution in [0.4, 0.5) is 0 Å². The lowest BCUT2D eigenvalue weighted by Gasteiger charge is -2.30. The summed E-state index contributed by atoms with van der Waals surface area (Å²) in [5.74, 6) is 0. The fourth-order valence-electron chi connectivity index (χ4n) is 3.33. The molecule has 0 spiro atoms. The van der Waals surface area contributed by atoms with Crippen LogP contribution >= 0.6 is 11.8 Å². The van der Waals surface area contributed by atoms with E-state index in [2.05, 4.69) is 53.0 Å². The van der Waals surface area contributed by atoms with E-state index in [-0.39, 0.29) is 0 Å². The van der Waals surface area contributed by atoms with Gasteiger partial charge in [0.25, 0.3) is 0 Å². The molecule has 0 bridgehead atoms. The lowest BCUT2D eigenvalue weighted by Crippen LogP contribution is -2.31. The number of pyridine rings is 2. The van der Waals surface area contributed by atoms with E-state index >= 15 is 0 Å². The van der Waals surface area contributed by atoms with Crippen LogP contribution in [0, 0.1) is 13.8 Å². The van der Waals surface area contributed by atoms with E-state index in [0.29, 0.717) is 0 Å². The molecule has 3 heterocycles. The van der Waals surface area contributed by atoms with Crippen LogP contribution in [0.3, 0.4) is 0 Å². The monoisotopic (exact) mass is 348 g/mol. The molecule has 0 radical (unpaired) electrons. The van der Waals surface area contributed by atoms with Crippen molar-refractivity contribution in [2.75, 3.05) is 7.05 Å². The van der Waals surface area contributed by atoms with Crippen LogP contribution in [0.1, 0.15) is 22.3 Å². The van der Waals surface area contributed by atoms with Crippen LogP contribution in [-0.2, 0) is 13.1 Å². The van der Waals surface area contributed by atoms with Gasteiger partial charge in [-0.05, 0) is 54.9 Å². The molecule has 4 rings (SSSR count). The summed E-state index contributed by atoms with van der Waals surface area (Å²) in [6, 6.07) is 10.8. The minimum atomic E-state index is 0.803. The molecule has 3 aromatic rings. The summed E-state index contributed by atoms with van der Waals surface area (Å²) in [6.07, 6.45) is 3.72. The van der Waals surface area contributed by atoms with Gasteiger partial charge in [-0.3, -0.25) is 9.98 Å². The Morgan fingerprint density at radius 3 is 2.88 bits per heavy atom. The molecule has 2 aromatic heterocycles. The van der Waals surface area contributed by atoms with Gasteiger partial charge in [-0.1, -0.05) is 17.7 Å². The highest BCUT2D eigenvalue weighted by atomic mass is 32.2. The van der Waals surface area contributed by atoms with Gasteiger partial charge in [-0.15, -0.1) is 0 Å². The van der Waals surface area contributed by atoms with Crippen molar-refractivity contribution < 1.29 is 0 Å². The van der Waals surface area contributed by atoms with Gasteiger partial charge in [-0.25, -0.2) is 4.98 Å². The average Bonchev–Trinajstić information content (AvgIpc) is 2.60. The van der Waals surface area contributed by atoms with E-state index in [1.807, 2.05) is 19.3 Å². The van der Waals surface area contributed by atoms with Gasteiger partial charge < -0.3 is 4.90 Å². The lowest BCUT2D eigenvalue weighted by molar-refractivity contribution is 0.405. The molecule has 1 aliphatic rings. The van der Waals surface area contributed by atoms with Gasteiger partial charge in [-0.2, -0.15) is 0 Å². The van der Waals surface area contributed by atoms with Crippen molar-refractivity contribution in [2.24, 2.45) is 4.99 Å². The molecule has 0 unspecified atom stereocenters. The zero-order valence-electron chi connectivity index (χ0n) is 14.7. The summed E-state index contributed by atoms with van der Waals surface area (Å²) in [4.78, 5) is 15.9. The summed E-state index contributed by atoms with van der Waals surface area (Å²) >= 11 is 1.66. The highest BCUT2D eigenvalue weighted by Crippen LogP contribution is 2.34. The van der Waals surface area contributed by atoms with E-state index < -0.39 is 0 Å². The number of amidine groups is 1. The van der Waals surface area contributed by atoms with Crippen molar-refractivity contribution >= 4 is 27.8 Å². The molecule has 0 N–H and O–H groups in total. The van der Waals surface area contributed by atoms with E-state index in [1.54, 1.807) is 18.0 Å². The van der Waals surface area contributed by atoms with Crippen molar-refractivity contribution in [3.05, 3.63) is 65.0 Å². The highest BCUT2D eigenvalue weighted by Gasteiger charge is 2.24. The maximum Gasteiger partial charge on any atom is 0.165 e. The zero-order chi connectivity index (χ0) is 17.4. The first-order valence-corrected chi connectivity index (χ1v) is 9.15. The van der Waals surface area contributed by atoms with Crippen LogP contribution in [0.25, 0.3) is 10.9 Å². The number of aromatic nitrogens is 2. The maximum absolute atomic E-state index is 4.94. The second-order valence-corrected chi connectivity index (χ2v) is 7.39. The number of thioether (sulfide) groups is 1. The number of hydrogen-bond acceptors (Lipinski definition) is 4. The van der Waals surface area contributed by atoms with Crippen molar-refractivity contribution in [3.8, 4) is 0 Å². The molecule has 4 nitrogen and oxygen atoms in total. The Labute approximate surface area is 152 Å². The Bertz CT molecular complexity index is 966. The lowest BCUT2D eigenvalue weighted by atomic mass is 10.1.